The predicted octanol–water partition coefficient (Wildman–Crippen LogP) is 3.85. The van der Waals surface area contributed by atoms with Crippen molar-refractivity contribution in [2.45, 2.75) is 23.9 Å². The molecule has 2 aliphatic heterocycles. The van der Waals surface area contributed by atoms with Gasteiger partial charge in [-0.15, -0.1) is 0 Å². The number of aromatic amines is 1. The Hall–Kier alpha value is -4.64. The van der Waals surface area contributed by atoms with Gasteiger partial charge in [-0.25, -0.2) is 13.2 Å². The smallest absolute Gasteiger partial charge is 0.411 e. The number of hydrogen-bond acceptors (Lipinski definition) is 7. The molecule has 4 aromatic rings. The minimum atomic E-state index is -3.63. The molecule has 3 N–H and O–H groups in total. The molecule has 1 aromatic heterocycles. The van der Waals surface area contributed by atoms with E-state index in [0.717, 1.165) is 17.2 Å². The number of carbonyl (C=O) groups excluding carboxylic acids is 2. The van der Waals surface area contributed by atoms with Crippen molar-refractivity contribution in [2.24, 2.45) is 0 Å². The molecule has 0 aliphatic carbocycles. The summed E-state index contributed by atoms with van der Waals surface area (Å²) in [7, 11) is -2.05. The third-order valence-electron chi connectivity index (χ3n) is 6.76. The number of anilines is 2. The van der Waals surface area contributed by atoms with Crippen LogP contribution in [0.15, 0.2) is 82.6 Å². The lowest BCUT2D eigenvalue weighted by Gasteiger charge is -2.27. The highest BCUT2D eigenvalue weighted by Gasteiger charge is 2.26. The average Bonchev–Trinajstić information content (AvgIpc) is 2.91. The normalized spacial score (nSPS) is 16.4. The molecular formula is C29H28N4O6S. The largest absolute Gasteiger partial charge is 0.449 e. The Morgan fingerprint density at radius 1 is 0.975 bits per heavy atom. The van der Waals surface area contributed by atoms with Gasteiger partial charge in [-0.2, -0.15) is 0 Å². The van der Waals surface area contributed by atoms with E-state index in [1.165, 1.54) is 23.1 Å². The molecule has 10 nitrogen and oxygen atoms in total. The molecule has 6 rings (SSSR count). The molecule has 4 bridgehead atoms. The summed E-state index contributed by atoms with van der Waals surface area (Å²) in [4.78, 5) is 42.8. The molecule has 3 aromatic carbocycles. The van der Waals surface area contributed by atoms with E-state index in [0.29, 0.717) is 34.3 Å². The SMILES string of the molecule is CN1Cc2cc(ccc2S(C)(=O)=O)NC(=O)OCCc2ccc(cc2)C(Nc2ccc3cc[nH]c(=O)c3c2)C1=O. The number of aromatic nitrogens is 1. The zero-order valence-electron chi connectivity index (χ0n) is 21.9. The number of pyridine rings is 1. The lowest BCUT2D eigenvalue weighted by Crippen LogP contribution is -2.35. The first-order chi connectivity index (χ1) is 19.1. The van der Waals surface area contributed by atoms with Crippen molar-refractivity contribution in [3.8, 4) is 0 Å². The van der Waals surface area contributed by atoms with Crippen LogP contribution in [0.1, 0.15) is 22.7 Å². The van der Waals surface area contributed by atoms with Gasteiger partial charge in [-0.1, -0.05) is 30.3 Å². The van der Waals surface area contributed by atoms with Gasteiger partial charge >= 0.3 is 6.09 Å². The van der Waals surface area contributed by atoms with E-state index in [1.807, 2.05) is 24.3 Å². The van der Waals surface area contributed by atoms with Crippen molar-refractivity contribution in [3.05, 3.63) is 100.0 Å². The number of H-pyrrole nitrogens is 1. The van der Waals surface area contributed by atoms with Crippen LogP contribution in [0, 0.1) is 0 Å². The van der Waals surface area contributed by atoms with E-state index in [-0.39, 0.29) is 29.5 Å². The van der Waals surface area contributed by atoms with E-state index < -0.39 is 22.0 Å². The minimum absolute atomic E-state index is 0.0422. The van der Waals surface area contributed by atoms with Crippen LogP contribution in [0.3, 0.4) is 0 Å². The van der Waals surface area contributed by atoms with Crippen molar-refractivity contribution < 1.29 is 22.7 Å². The van der Waals surface area contributed by atoms with Crippen LogP contribution >= 0.6 is 0 Å². The maximum absolute atomic E-state index is 13.9. The second kappa shape index (κ2) is 10.9. The fraction of sp³-hybridized carbons (Fsp3) is 0.207. The minimum Gasteiger partial charge on any atom is -0.449 e. The Bertz CT molecular complexity index is 1770. The monoisotopic (exact) mass is 560 g/mol. The van der Waals surface area contributed by atoms with Crippen LogP contribution < -0.4 is 16.2 Å². The molecule has 3 heterocycles. The van der Waals surface area contributed by atoms with Crippen LogP contribution in [0.5, 0.6) is 0 Å². The zero-order valence-corrected chi connectivity index (χ0v) is 22.7. The van der Waals surface area contributed by atoms with Gasteiger partial charge in [0.15, 0.2) is 9.84 Å². The van der Waals surface area contributed by atoms with Crippen LogP contribution in [-0.4, -0.2) is 50.2 Å². The molecule has 2 aliphatic rings. The number of fused-ring (bicyclic) bond motifs is 10. The van der Waals surface area contributed by atoms with Crippen LogP contribution in [-0.2, 0) is 32.3 Å². The molecule has 0 fully saturated rings. The quantitative estimate of drug-likeness (QED) is 0.346. The van der Waals surface area contributed by atoms with E-state index in [9.17, 15) is 22.8 Å². The summed E-state index contributed by atoms with van der Waals surface area (Å²) in [5.41, 5.74) is 2.61. The first-order valence-electron chi connectivity index (χ1n) is 12.6. The van der Waals surface area contributed by atoms with Gasteiger partial charge in [0.1, 0.15) is 6.04 Å². The highest BCUT2D eigenvalue weighted by Crippen LogP contribution is 2.27. The first kappa shape index (κ1) is 26.9. The summed E-state index contributed by atoms with van der Waals surface area (Å²) in [6.45, 7) is 0.0912. The van der Waals surface area contributed by atoms with Crippen molar-refractivity contribution in [3.63, 3.8) is 0 Å². The van der Waals surface area contributed by atoms with Crippen LogP contribution in [0.4, 0.5) is 16.2 Å². The Morgan fingerprint density at radius 3 is 2.50 bits per heavy atom. The first-order valence-corrected chi connectivity index (χ1v) is 14.5. The number of nitrogens with zero attached hydrogens (tertiary/aromatic N) is 1. The van der Waals surface area contributed by atoms with Crippen molar-refractivity contribution in [1.82, 2.24) is 9.88 Å². The Balaban J connectivity index is 1.56. The van der Waals surface area contributed by atoms with Gasteiger partial charge in [0.05, 0.1) is 11.5 Å². The molecule has 1 unspecified atom stereocenters. The topological polar surface area (TPSA) is 138 Å². The predicted molar refractivity (Wildman–Crippen MR) is 152 cm³/mol. The van der Waals surface area contributed by atoms with E-state index >= 15 is 0 Å². The van der Waals surface area contributed by atoms with E-state index in [1.54, 1.807) is 37.5 Å². The Morgan fingerprint density at radius 2 is 1.75 bits per heavy atom. The maximum Gasteiger partial charge on any atom is 0.411 e. The third kappa shape index (κ3) is 5.84. The lowest BCUT2D eigenvalue weighted by atomic mass is 10.0. The van der Waals surface area contributed by atoms with Gasteiger partial charge in [-0.05, 0) is 58.5 Å². The standard InChI is InChI=1S/C29H28N4O6S/c1-33-17-21-15-22(9-10-25(21)40(2,37)38)32-29(36)39-14-12-18-3-5-20(6-4-18)26(28(33)35)31-23-8-7-19-11-13-30-27(34)24(19)16-23/h3-11,13,15-16,26,31H,12,14,17H2,1-2H3,(H,30,34)(H,32,36). The highest BCUT2D eigenvalue weighted by molar-refractivity contribution is 7.90. The summed E-state index contributed by atoms with van der Waals surface area (Å²) in [6.07, 6.45) is 2.47. The van der Waals surface area contributed by atoms with Gasteiger partial charge < -0.3 is 19.9 Å². The van der Waals surface area contributed by atoms with Gasteiger partial charge in [-0.3, -0.25) is 14.9 Å². The maximum atomic E-state index is 13.9. The number of hydrogen-bond donors (Lipinski definition) is 3. The Labute approximate surface area is 230 Å². The van der Waals surface area contributed by atoms with Crippen molar-refractivity contribution >= 4 is 44.0 Å². The molecule has 40 heavy (non-hydrogen) atoms. The number of nitrogens with one attached hydrogen (secondary N) is 3. The third-order valence-corrected chi connectivity index (χ3v) is 7.96. The summed E-state index contributed by atoms with van der Waals surface area (Å²) in [5, 5.41) is 7.14. The van der Waals surface area contributed by atoms with Crippen LogP contribution in [0.2, 0.25) is 0 Å². The van der Waals surface area contributed by atoms with Crippen LogP contribution in [0.25, 0.3) is 10.8 Å². The highest BCUT2D eigenvalue weighted by atomic mass is 32.2. The molecule has 11 heteroatoms. The molecular weight excluding hydrogens is 532 g/mol. The van der Waals surface area contributed by atoms with Crippen molar-refractivity contribution in [2.75, 3.05) is 30.5 Å². The molecule has 2 amide bonds. The number of amides is 2. The molecule has 0 spiro atoms. The van der Waals surface area contributed by atoms with Gasteiger partial charge in [0.2, 0.25) is 5.91 Å². The number of sulfone groups is 1. The molecule has 1 atom stereocenters. The number of benzene rings is 3. The number of likely N-dealkylation sites (N-methyl/N-ethyl adjacent to an activating group) is 1. The molecule has 0 saturated heterocycles. The summed E-state index contributed by atoms with van der Waals surface area (Å²) < 4.78 is 30.3. The van der Waals surface area contributed by atoms with E-state index in [2.05, 4.69) is 15.6 Å². The van der Waals surface area contributed by atoms with E-state index in [4.69, 9.17) is 4.74 Å². The number of rotatable bonds is 3. The summed E-state index contributed by atoms with van der Waals surface area (Å²) >= 11 is 0. The molecule has 0 radical (unpaired) electrons. The Kier molecular flexibility index (Phi) is 7.31. The van der Waals surface area contributed by atoms with Gasteiger partial charge in [0, 0.05) is 49.2 Å². The number of ether oxygens (including phenoxy) is 1. The fourth-order valence-corrected chi connectivity index (χ4v) is 5.63. The zero-order chi connectivity index (χ0) is 28.4. The lowest BCUT2D eigenvalue weighted by molar-refractivity contribution is -0.131. The molecule has 0 saturated carbocycles. The summed E-state index contributed by atoms with van der Waals surface area (Å²) in [6, 6.07) is 18.0. The molecule has 206 valence electrons. The average molecular weight is 561 g/mol. The number of carbonyl (C=O) groups is 2. The second-order valence-corrected chi connectivity index (χ2v) is 11.7. The second-order valence-electron chi connectivity index (χ2n) is 9.73. The van der Waals surface area contributed by atoms with Gasteiger partial charge in [0.25, 0.3) is 5.56 Å². The van der Waals surface area contributed by atoms with Crippen molar-refractivity contribution in [1.29, 1.82) is 0 Å². The fourth-order valence-electron chi connectivity index (χ4n) is 4.72. The summed E-state index contributed by atoms with van der Waals surface area (Å²) in [5.74, 6) is -0.320.